The second-order valence-electron chi connectivity index (χ2n) is 17.6. The SMILES string of the molecule is CC(=O)O[C@H]1C(=O)[C@@]2(C)[C@H]([C@H](OC(=O)c3ccccc3)[C@]3(O)C[C@H](OC(=O)[C@H](O)[C@H](NC(=O)c4ccccc4)c4ccc(Cl)c(Cl)c4)C(C)=C1C3(C)C)[C@]1(OC(C)=O)CO[C@@H]1C[C@@H]2O. The molecule has 7 rings (SSSR count). The molecule has 340 valence electrons. The van der Waals surface area contributed by atoms with E-state index in [2.05, 4.69) is 5.32 Å². The lowest BCUT2D eigenvalue weighted by Crippen LogP contribution is -2.82. The minimum Gasteiger partial charge on any atom is -0.456 e. The number of amides is 1. The van der Waals surface area contributed by atoms with Crippen molar-refractivity contribution in [3.05, 3.63) is 117 Å². The normalized spacial score (nSPS) is 31.3. The maximum atomic E-state index is 15.5. The summed E-state index contributed by atoms with van der Waals surface area (Å²) in [6.07, 6.45) is -10.8. The van der Waals surface area contributed by atoms with Crippen LogP contribution in [-0.2, 0) is 42.9 Å². The largest absolute Gasteiger partial charge is 0.456 e. The highest BCUT2D eigenvalue weighted by Gasteiger charge is 2.78. The van der Waals surface area contributed by atoms with Crippen molar-refractivity contribution in [1.82, 2.24) is 5.32 Å². The third kappa shape index (κ3) is 7.79. The van der Waals surface area contributed by atoms with Gasteiger partial charge in [-0.25, -0.2) is 9.59 Å². The fourth-order valence-corrected chi connectivity index (χ4v) is 10.5. The number of fused-ring (bicyclic) bond motifs is 5. The summed E-state index contributed by atoms with van der Waals surface area (Å²) in [5, 5.41) is 40.5. The molecule has 2 saturated carbocycles. The lowest BCUT2D eigenvalue weighted by Gasteiger charge is -2.67. The van der Waals surface area contributed by atoms with Gasteiger partial charge in [0, 0.05) is 37.7 Å². The molecule has 17 heteroatoms. The number of aliphatic hydroxyl groups is 3. The summed E-state index contributed by atoms with van der Waals surface area (Å²) in [7, 11) is 0. The number of carbonyl (C=O) groups excluding carboxylic acids is 6. The topological polar surface area (TPSA) is 221 Å². The van der Waals surface area contributed by atoms with Crippen molar-refractivity contribution >= 4 is 58.8 Å². The quantitative estimate of drug-likeness (QED) is 0.119. The molecule has 3 aliphatic carbocycles. The number of hydrogen-bond acceptors (Lipinski definition) is 14. The van der Waals surface area contributed by atoms with E-state index in [0.717, 1.165) is 13.8 Å². The highest BCUT2D eigenvalue weighted by molar-refractivity contribution is 6.42. The van der Waals surface area contributed by atoms with Crippen LogP contribution in [0, 0.1) is 16.7 Å². The maximum absolute atomic E-state index is 15.5. The van der Waals surface area contributed by atoms with Gasteiger partial charge in [-0.05, 0) is 67.0 Å². The Morgan fingerprint density at radius 2 is 1.48 bits per heavy atom. The van der Waals surface area contributed by atoms with Gasteiger partial charge in [0.25, 0.3) is 5.91 Å². The van der Waals surface area contributed by atoms with E-state index in [1.165, 1.54) is 56.3 Å². The molecule has 1 amide bonds. The van der Waals surface area contributed by atoms with Gasteiger partial charge in [0.05, 0.1) is 45.7 Å². The minimum atomic E-state index is -2.43. The first kappa shape index (κ1) is 46.8. The van der Waals surface area contributed by atoms with Crippen LogP contribution in [0.15, 0.2) is 90.0 Å². The fraction of sp³-hybridized carbons (Fsp3) is 0.447. The maximum Gasteiger partial charge on any atom is 0.338 e. The van der Waals surface area contributed by atoms with Gasteiger partial charge in [0.15, 0.2) is 23.6 Å². The summed E-state index contributed by atoms with van der Waals surface area (Å²) in [5.74, 6) is -7.09. The predicted octanol–water partition coefficient (Wildman–Crippen LogP) is 5.04. The monoisotopic (exact) mass is 921 g/mol. The standard InChI is InChI=1S/C47H49Cl2NO14/c1-23-31(62-43(58)36(54)35(28-17-18-29(48)30(49)19-28)50-41(56)26-13-9-7-10-14-26)21-47(59)40(63-42(57)27-15-11-8-12-16-27)38-45(6,32(53)20-33-46(38,22-60-33)64-25(3)52)39(55)37(61-24(2)51)34(23)44(47,4)5/h7-19,31-33,35-38,40,53-54,59H,20-22H2,1-6H3,(H,50,56)/t31-,32-,33+,35+,36+,37+,38-,40-,45+,46-,47+/m0/s1. The zero-order chi connectivity index (χ0) is 46.7. The van der Waals surface area contributed by atoms with E-state index < -0.39 is 113 Å². The van der Waals surface area contributed by atoms with Crippen molar-refractivity contribution in [3.8, 4) is 0 Å². The molecule has 64 heavy (non-hydrogen) atoms. The Morgan fingerprint density at radius 3 is 2.05 bits per heavy atom. The molecule has 4 aliphatic rings. The van der Waals surface area contributed by atoms with Crippen molar-refractivity contribution in [3.63, 3.8) is 0 Å². The van der Waals surface area contributed by atoms with Gasteiger partial charge in [-0.2, -0.15) is 0 Å². The average Bonchev–Trinajstić information content (AvgIpc) is 3.24. The molecule has 0 aromatic heterocycles. The molecule has 1 saturated heterocycles. The van der Waals surface area contributed by atoms with E-state index in [0.29, 0.717) is 0 Å². The molecule has 0 unspecified atom stereocenters. The van der Waals surface area contributed by atoms with Crippen LogP contribution < -0.4 is 5.32 Å². The Hall–Kier alpha value is -5.16. The second kappa shape index (κ2) is 17.3. The molecule has 0 radical (unpaired) electrons. The summed E-state index contributed by atoms with van der Waals surface area (Å²) in [6, 6.07) is 18.5. The van der Waals surface area contributed by atoms with E-state index in [9.17, 15) is 39.3 Å². The van der Waals surface area contributed by atoms with Crippen LogP contribution in [0.5, 0.6) is 0 Å². The molecule has 1 heterocycles. The van der Waals surface area contributed by atoms with Gasteiger partial charge in [-0.15, -0.1) is 0 Å². The molecule has 3 aromatic carbocycles. The molecule has 3 fully saturated rings. The van der Waals surface area contributed by atoms with Crippen LogP contribution >= 0.6 is 23.2 Å². The number of carbonyl (C=O) groups is 6. The Labute approximate surface area is 378 Å². The molecule has 4 N–H and O–H groups in total. The lowest BCUT2D eigenvalue weighted by molar-refractivity contribution is -0.346. The number of nitrogens with one attached hydrogen (secondary N) is 1. The third-order valence-corrected chi connectivity index (χ3v) is 14.4. The molecule has 1 aliphatic heterocycles. The van der Waals surface area contributed by atoms with E-state index in [-0.39, 0.29) is 50.9 Å². The Bertz CT molecular complexity index is 2410. The predicted molar refractivity (Wildman–Crippen MR) is 228 cm³/mol. The van der Waals surface area contributed by atoms with Crippen LogP contribution in [-0.4, -0.2) is 105 Å². The molecule has 11 atom stereocenters. The second-order valence-corrected chi connectivity index (χ2v) is 18.4. The van der Waals surface area contributed by atoms with E-state index in [1.54, 1.807) is 50.2 Å². The number of ketones is 1. The summed E-state index contributed by atoms with van der Waals surface area (Å²) < 4.78 is 30.3. The van der Waals surface area contributed by atoms with E-state index in [4.69, 9.17) is 46.9 Å². The van der Waals surface area contributed by atoms with Gasteiger partial charge in [-0.3, -0.25) is 19.2 Å². The fourth-order valence-electron chi connectivity index (χ4n) is 10.2. The van der Waals surface area contributed by atoms with Crippen LogP contribution in [0.2, 0.25) is 10.0 Å². The van der Waals surface area contributed by atoms with Crippen LogP contribution in [0.3, 0.4) is 0 Å². The lowest BCUT2D eigenvalue weighted by atomic mass is 9.44. The van der Waals surface area contributed by atoms with Crippen LogP contribution in [0.1, 0.15) is 86.7 Å². The number of esters is 4. The van der Waals surface area contributed by atoms with E-state index in [1.807, 2.05) is 0 Å². The summed E-state index contributed by atoms with van der Waals surface area (Å²) in [6.45, 7) is 7.85. The minimum absolute atomic E-state index is 0.0340. The van der Waals surface area contributed by atoms with Crippen LogP contribution in [0.25, 0.3) is 0 Å². The number of Topliss-reactive ketones (excluding diaryl/α,β-unsaturated/α-hetero) is 1. The van der Waals surface area contributed by atoms with Gasteiger partial charge in [-0.1, -0.05) is 79.5 Å². The molecule has 0 spiro atoms. The summed E-state index contributed by atoms with van der Waals surface area (Å²) in [4.78, 5) is 83.7. The number of aliphatic hydroxyl groups excluding tert-OH is 2. The molecule has 3 aromatic rings. The van der Waals surface area contributed by atoms with Gasteiger partial charge >= 0.3 is 23.9 Å². The van der Waals surface area contributed by atoms with Crippen molar-refractivity contribution in [2.45, 2.75) is 108 Å². The van der Waals surface area contributed by atoms with Crippen molar-refractivity contribution < 1.29 is 67.8 Å². The number of hydrogen-bond donors (Lipinski definition) is 4. The van der Waals surface area contributed by atoms with Crippen LogP contribution in [0.4, 0.5) is 0 Å². The first-order chi connectivity index (χ1) is 30.1. The van der Waals surface area contributed by atoms with Crippen molar-refractivity contribution in [1.29, 1.82) is 0 Å². The number of benzene rings is 3. The van der Waals surface area contributed by atoms with Gasteiger partial charge in [0.2, 0.25) is 0 Å². The molecule has 2 bridgehead atoms. The van der Waals surface area contributed by atoms with E-state index >= 15 is 4.79 Å². The Kier molecular flexibility index (Phi) is 12.7. The van der Waals surface area contributed by atoms with Gasteiger partial charge < -0.3 is 44.3 Å². The Balaban J connectivity index is 1.39. The van der Waals surface area contributed by atoms with Crippen molar-refractivity contribution in [2.75, 3.05) is 6.61 Å². The average molecular weight is 923 g/mol. The van der Waals surface area contributed by atoms with Gasteiger partial charge in [0.1, 0.15) is 23.9 Å². The zero-order valence-corrected chi connectivity index (χ0v) is 37.3. The molecular formula is C47H49Cl2NO14. The van der Waals surface area contributed by atoms with Crippen molar-refractivity contribution in [2.24, 2.45) is 16.7 Å². The highest BCUT2D eigenvalue weighted by atomic mass is 35.5. The number of halogens is 2. The smallest absolute Gasteiger partial charge is 0.338 e. The molecular weight excluding hydrogens is 873 g/mol. The number of rotatable bonds is 10. The third-order valence-electron chi connectivity index (χ3n) is 13.6. The first-order valence-corrected chi connectivity index (χ1v) is 21.4. The summed E-state index contributed by atoms with van der Waals surface area (Å²) in [5.41, 5.74) is -7.47. The Morgan fingerprint density at radius 1 is 0.859 bits per heavy atom. The highest BCUT2D eigenvalue weighted by Crippen LogP contribution is 2.64. The zero-order valence-electron chi connectivity index (χ0n) is 35.8. The number of ether oxygens (including phenoxy) is 5. The molecule has 15 nitrogen and oxygen atoms in total. The first-order valence-electron chi connectivity index (χ1n) is 20.7. The summed E-state index contributed by atoms with van der Waals surface area (Å²) >= 11 is 12.5.